The van der Waals surface area contributed by atoms with Crippen LogP contribution in [0.15, 0.2) is 48.5 Å². The Kier molecular flexibility index (Phi) is 5.51. The zero-order valence-electron chi connectivity index (χ0n) is 17.5. The summed E-state index contributed by atoms with van der Waals surface area (Å²) in [5, 5.41) is 9.95. The fourth-order valence-electron chi connectivity index (χ4n) is 4.37. The van der Waals surface area contributed by atoms with E-state index in [1.54, 1.807) is 24.3 Å². The third-order valence-corrected chi connectivity index (χ3v) is 6.08. The van der Waals surface area contributed by atoms with Gasteiger partial charge in [0, 0.05) is 36.4 Å². The largest absolute Gasteiger partial charge is 0.462 e. The van der Waals surface area contributed by atoms with Crippen LogP contribution in [0.3, 0.4) is 0 Å². The molecule has 32 heavy (non-hydrogen) atoms. The third-order valence-electron chi connectivity index (χ3n) is 6.08. The van der Waals surface area contributed by atoms with Crippen LogP contribution >= 0.6 is 0 Å². The number of carbonyl (C=O) groups is 1. The third kappa shape index (κ3) is 4.30. The summed E-state index contributed by atoms with van der Waals surface area (Å²) >= 11 is 0. The lowest BCUT2D eigenvalue weighted by atomic mass is 10.0. The summed E-state index contributed by atoms with van der Waals surface area (Å²) in [6.07, 6.45) is 2.02. The number of cyclic esters (lactones) is 1. The van der Waals surface area contributed by atoms with Gasteiger partial charge in [-0.3, -0.25) is 4.79 Å². The molecule has 3 aromatic rings. The first-order valence-corrected chi connectivity index (χ1v) is 11.0. The number of aliphatic hydroxyl groups is 1. The molecule has 2 fully saturated rings. The molecule has 1 aromatic heterocycles. The molecule has 2 heterocycles. The summed E-state index contributed by atoms with van der Waals surface area (Å²) < 4.78 is 34.8. The topological polar surface area (TPSA) is 64.3 Å². The van der Waals surface area contributed by atoms with Crippen LogP contribution in [0.5, 0.6) is 0 Å². The summed E-state index contributed by atoms with van der Waals surface area (Å²) in [6, 6.07) is 12.5. The van der Waals surface area contributed by atoms with Crippen molar-refractivity contribution in [2.75, 3.05) is 0 Å². The summed E-state index contributed by atoms with van der Waals surface area (Å²) in [7, 11) is 0. The van der Waals surface area contributed by atoms with E-state index in [0.717, 1.165) is 41.2 Å². The van der Waals surface area contributed by atoms with E-state index in [0.29, 0.717) is 25.3 Å². The van der Waals surface area contributed by atoms with Crippen molar-refractivity contribution in [2.24, 2.45) is 0 Å². The van der Waals surface area contributed by atoms with Gasteiger partial charge in [-0.25, -0.2) is 13.8 Å². The maximum atomic E-state index is 13.6. The number of esters is 1. The van der Waals surface area contributed by atoms with Gasteiger partial charge in [0.15, 0.2) is 0 Å². The van der Waals surface area contributed by atoms with Crippen molar-refractivity contribution in [2.45, 2.75) is 56.8 Å². The summed E-state index contributed by atoms with van der Waals surface area (Å²) in [5.41, 5.74) is 3.15. The first kappa shape index (κ1) is 20.8. The molecule has 166 valence electrons. The van der Waals surface area contributed by atoms with Crippen molar-refractivity contribution in [3.63, 3.8) is 0 Å². The Morgan fingerprint density at radius 3 is 2.22 bits per heavy atom. The van der Waals surface area contributed by atoms with Crippen LogP contribution in [-0.2, 0) is 16.1 Å². The number of hydrogen-bond acceptors (Lipinski definition) is 4. The molecule has 7 heteroatoms. The number of ether oxygens (including phenoxy) is 1. The van der Waals surface area contributed by atoms with Gasteiger partial charge in [-0.1, -0.05) is 0 Å². The monoisotopic (exact) mass is 438 g/mol. The van der Waals surface area contributed by atoms with E-state index in [9.17, 15) is 18.7 Å². The van der Waals surface area contributed by atoms with Crippen molar-refractivity contribution < 1.29 is 23.4 Å². The standard InChI is InChI=1S/C25H24F2N2O3/c26-18-7-3-15(4-8-18)23-24(16-5-9-19(27)10-6-16)29(25(28-23)17-1-2-17)12-11-21-13-20(30)14-22(31)32-21/h3-10,17,20-21,30H,1-2,11-14H2/t20-,21-/m0/s1. The van der Waals surface area contributed by atoms with Crippen LogP contribution < -0.4 is 0 Å². The number of benzene rings is 2. The average Bonchev–Trinajstić information content (AvgIpc) is 3.54. The minimum atomic E-state index is -0.682. The molecule has 1 saturated heterocycles. The molecule has 1 aliphatic heterocycles. The van der Waals surface area contributed by atoms with E-state index < -0.39 is 6.10 Å². The number of aromatic nitrogens is 2. The second kappa shape index (κ2) is 8.47. The summed E-state index contributed by atoms with van der Waals surface area (Å²) in [4.78, 5) is 16.7. The molecular weight excluding hydrogens is 414 g/mol. The van der Waals surface area contributed by atoms with Crippen molar-refractivity contribution in [3.8, 4) is 22.5 Å². The first-order valence-electron chi connectivity index (χ1n) is 11.0. The van der Waals surface area contributed by atoms with Gasteiger partial charge >= 0.3 is 5.97 Å². The highest BCUT2D eigenvalue weighted by atomic mass is 19.1. The molecule has 0 unspecified atom stereocenters. The predicted molar refractivity (Wildman–Crippen MR) is 115 cm³/mol. The highest BCUT2D eigenvalue weighted by Crippen LogP contribution is 2.44. The predicted octanol–water partition coefficient (Wildman–Crippen LogP) is 4.83. The zero-order valence-corrected chi connectivity index (χ0v) is 17.5. The van der Waals surface area contributed by atoms with Crippen LogP contribution in [0, 0.1) is 11.6 Å². The molecule has 2 atom stereocenters. The lowest BCUT2D eigenvalue weighted by Crippen LogP contribution is -2.33. The molecule has 0 amide bonds. The average molecular weight is 438 g/mol. The normalized spacial score (nSPS) is 20.9. The minimum Gasteiger partial charge on any atom is -0.462 e. The van der Waals surface area contributed by atoms with Gasteiger partial charge in [0.25, 0.3) is 0 Å². The Morgan fingerprint density at radius 2 is 1.62 bits per heavy atom. The Labute approximate surface area is 184 Å². The highest BCUT2D eigenvalue weighted by Gasteiger charge is 2.33. The van der Waals surface area contributed by atoms with E-state index in [-0.39, 0.29) is 30.1 Å². The second-order valence-electron chi connectivity index (χ2n) is 8.60. The van der Waals surface area contributed by atoms with Gasteiger partial charge in [0.2, 0.25) is 0 Å². The molecule has 1 N–H and O–H groups in total. The van der Waals surface area contributed by atoms with Gasteiger partial charge in [0.1, 0.15) is 23.6 Å². The van der Waals surface area contributed by atoms with Crippen LogP contribution in [0.25, 0.3) is 22.5 Å². The maximum absolute atomic E-state index is 13.6. The minimum absolute atomic E-state index is 0.0322. The quantitative estimate of drug-likeness (QED) is 0.560. The van der Waals surface area contributed by atoms with E-state index in [2.05, 4.69) is 4.57 Å². The lowest BCUT2D eigenvalue weighted by molar-refractivity contribution is -0.160. The van der Waals surface area contributed by atoms with E-state index >= 15 is 0 Å². The van der Waals surface area contributed by atoms with Gasteiger partial charge in [-0.05, 0) is 61.4 Å². The van der Waals surface area contributed by atoms with Crippen molar-refractivity contribution in [1.29, 1.82) is 0 Å². The number of imidazole rings is 1. The highest BCUT2D eigenvalue weighted by molar-refractivity contribution is 5.79. The number of halogens is 2. The second-order valence-corrected chi connectivity index (χ2v) is 8.60. The van der Waals surface area contributed by atoms with E-state index in [1.165, 1.54) is 24.3 Å². The van der Waals surface area contributed by atoms with Gasteiger partial charge in [-0.15, -0.1) is 0 Å². The van der Waals surface area contributed by atoms with E-state index in [1.807, 2.05) is 0 Å². The Hall–Kier alpha value is -3.06. The van der Waals surface area contributed by atoms with Crippen molar-refractivity contribution >= 4 is 5.97 Å². The van der Waals surface area contributed by atoms with Crippen LogP contribution in [0.1, 0.15) is 43.8 Å². The molecule has 5 nitrogen and oxygen atoms in total. The summed E-state index contributed by atoms with van der Waals surface area (Å²) in [5.74, 6) is 0.243. The number of nitrogens with zero attached hydrogens (tertiary/aromatic N) is 2. The molecule has 1 aliphatic carbocycles. The van der Waals surface area contributed by atoms with Crippen molar-refractivity contribution in [3.05, 3.63) is 66.0 Å². The lowest BCUT2D eigenvalue weighted by Gasteiger charge is -2.26. The maximum Gasteiger partial charge on any atom is 0.308 e. The number of carbonyl (C=O) groups excluding carboxylic acids is 1. The molecule has 2 aliphatic rings. The smallest absolute Gasteiger partial charge is 0.308 e. The van der Waals surface area contributed by atoms with Gasteiger partial charge in [0.05, 0.1) is 23.9 Å². The number of aliphatic hydroxyl groups excluding tert-OH is 1. The number of hydrogen-bond donors (Lipinski definition) is 1. The summed E-state index contributed by atoms with van der Waals surface area (Å²) in [6.45, 7) is 0.539. The SMILES string of the molecule is O=C1C[C@@H](O)C[C@H](CCn2c(C3CC3)nc(-c3ccc(F)cc3)c2-c2ccc(F)cc2)O1. The molecule has 2 aromatic carbocycles. The molecule has 0 spiro atoms. The van der Waals surface area contributed by atoms with Gasteiger partial charge in [-0.2, -0.15) is 0 Å². The molecular formula is C25H24F2N2O3. The Balaban J connectivity index is 1.56. The van der Waals surface area contributed by atoms with E-state index in [4.69, 9.17) is 9.72 Å². The molecule has 0 radical (unpaired) electrons. The fraction of sp³-hybridized carbons (Fsp3) is 0.360. The first-order chi connectivity index (χ1) is 15.5. The Bertz CT molecular complexity index is 1120. The van der Waals surface area contributed by atoms with Crippen LogP contribution in [0.4, 0.5) is 8.78 Å². The van der Waals surface area contributed by atoms with Crippen molar-refractivity contribution in [1.82, 2.24) is 9.55 Å². The molecule has 0 bridgehead atoms. The van der Waals surface area contributed by atoms with Gasteiger partial charge < -0.3 is 14.4 Å². The zero-order chi connectivity index (χ0) is 22.2. The molecule has 5 rings (SSSR count). The molecule has 1 saturated carbocycles. The fourth-order valence-corrected chi connectivity index (χ4v) is 4.37. The number of rotatable bonds is 6. The van der Waals surface area contributed by atoms with Crippen LogP contribution in [-0.4, -0.2) is 32.8 Å². The van der Waals surface area contributed by atoms with Crippen LogP contribution in [0.2, 0.25) is 0 Å². The Morgan fingerprint density at radius 1 is 1.00 bits per heavy atom.